The van der Waals surface area contributed by atoms with Crippen molar-refractivity contribution in [3.05, 3.63) is 30.1 Å². The average molecular weight is 350 g/mol. The third-order valence-electron chi connectivity index (χ3n) is 3.22. The van der Waals surface area contributed by atoms with Gasteiger partial charge in [0.25, 0.3) is 5.91 Å². The van der Waals surface area contributed by atoms with Crippen LogP contribution in [0.25, 0.3) is 0 Å². The predicted molar refractivity (Wildman–Crippen MR) is 83.8 cm³/mol. The van der Waals surface area contributed by atoms with Gasteiger partial charge in [-0.15, -0.1) is 10.2 Å². The monoisotopic (exact) mass is 350 g/mol. The molecular weight excluding hydrogens is 336 g/mol. The molecule has 0 unspecified atom stereocenters. The van der Waals surface area contributed by atoms with Crippen LogP contribution in [0, 0.1) is 0 Å². The Bertz CT molecular complexity index is 778. The molecule has 0 atom stereocenters. The normalized spacial score (nSPS) is 13.5. The van der Waals surface area contributed by atoms with Gasteiger partial charge < -0.3 is 14.6 Å². The number of aliphatic carboxylic acids is 1. The quantitative estimate of drug-likeness (QED) is 0.804. The molecule has 0 bridgehead atoms. The van der Waals surface area contributed by atoms with Crippen molar-refractivity contribution in [1.29, 1.82) is 0 Å². The molecule has 1 aromatic heterocycles. The van der Waals surface area contributed by atoms with Crippen LogP contribution in [0.1, 0.15) is 5.82 Å². The highest BCUT2D eigenvalue weighted by atomic mass is 32.2. The smallest absolute Gasteiger partial charge is 0.325 e. The molecule has 9 nitrogen and oxygen atoms in total. The summed E-state index contributed by atoms with van der Waals surface area (Å²) in [6, 6.07) is 7.03. The van der Waals surface area contributed by atoms with E-state index in [0.717, 1.165) is 5.01 Å². The van der Waals surface area contributed by atoms with Crippen molar-refractivity contribution in [2.24, 2.45) is 0 Å². The zero-order valence-electron chi connectivity index (χ0n) is 12.7. The number of hydrogen-bond acceptors (Lipinski definition) is 7. The maximum absolute atomic E-state index is 12.0. The Morgan fingerprint density at radius 2 is 2.17 bits per heavy atom. The van der Waals surface area contributed by atoms with Gasteiger partial charge in [-0.2, -0.15) is 0 Å². The summed E-state index contributed by atoms with van der Waals surface area (Å²) in [6.45, 7) is -0.430. The van der Waals surface area contributed by atoms with E-state index in [-0.39, 0.29) is 18.3 Å². The maximum Gasteiger partial charge on any atom is 0.325 e. The van der Waals surface area contributed by atoms with E-state index in [1.165, 1.54) is 16.4 Å². The van der Waals surface area contributed by atoms with E-state index in [9.17, 15) is 9.59 Å². The number of aromatic nitrogens is 3. The number of carbonyl (C=O) groups is 2. The lowest BCUT2D eigenvalue weighted by Gasteiger charge is -2.27. The van der Waals surface area contributed by atoms with Gasteiger partial charge in [0.1, 0.15) is 24.7 Å². The van der Waals surface area contributed by atoms with Crippen LogP contribution in [0.15, 0.2) is 29.4 Å². The lowest BCUT2D eigenvalue weighted by atomic mass is 10.3. The molecule has 1 amide bonds. The van der Waals surface area contributed by atoms with Gasteiger partial charge in [-0.1, -0.05) is 17.8 Å². The lowest BCUT2D eigenvalue weighted by molar-refractivity contribution is -0.137. The van der Waals surface area contributed by atoms with Crippen molar-refractivity contribution in [3.63, 3.8) is 0 Å². The van der Waals surface area contributed by atoms with E-state index in [4.69, 9.17) is 14.6 Å². The van der Waals surface area contributed by atoms with Crippen LogP contribution in [-0.4, -0.2) is 51.3 Å². The first-order valence-corrected chi connectivity index (χ1v) is 7.93. The minimum Gasteiger partial charge on any atom is -0.497 e. The molecule has 0 radical (unpaired) electrons. The Morgan fingerprint density at radius 1 is 1.38 bits per heavy atom. The fourth-order valence-corrected chi connectivity index (χ4v) is 2.98. The molecule has 0 fully saturated rings. The fourth-order valence-electron chi connectivity index (χ4n) is 2.16. The molecule has 24 heavy (non-hydrogen) atoms. The molecule has 3 rings (SSSR count). The maximum atomic E-state index is 12.0. The molecule has 1 aromatic carbocycles. The van der Waals surface area contributed by atoms with E-state index < -0.39 is 12.5 Å². The first-order valence-electron chi connectivity index (χ1n) is 6.95. The van der Waals surface area contributed by atoms with Gasteiger partial charge in [0.15, 0.2) is 5.82 Å². The van der Waals surface area contributed by atoms with E-state index in [2.05, 4.69) is 10.2 Å². The Hall–Kier alpha value is -2.75. The highest BCUT2D eigenvalue weighted by Crippen LogP contribution is 2.24. The number of amides is 1. The second-order valence-electron chi connectivity index (χ2n) is 4.81. The van der Waals surface area contributed by atoms with Crippen LogP contribution in [0.2, 0.25) is 0 Å². The largest absolute Gasteiger partial charge is 0.497 e. The van der Waals surface area contributed by atoms with Crippen LogP contribution in [0.3, 0.4) is 0 Å². The van der Waals surface area contributed by atoms with Crippen molar-refractivity contribution in [3.8, 4) is 11.5 Å². The fraction of sp³-hybridized carbons (Fsp3) is 0.286. The molecule has 2 heterocycles. The molecule has 0 saturated carbocycles. The second kappa shape index (κ2) is 6.79. The van der Waals surface area contributed by atoms with Crippen molar-refractivity contribution in [2.75, 3.05) is 24.4 Å². The summed E-state index contributed by atoms with van der Waals surface area (Å²) in [7, 11) is 1.56. The Morgan fingerprint density at radius 3 is 2.92 bits per heavy atom. The SMILES string of the molecule is COc1cccc(OCc2nnc3n2N(CC(=O)O)C(=O)CS3)c1. The Balaban J connectivity index is 1.81. The number of rotatable bonds is 6. The number of hydrogen-bond donors (Lipinski definition) is 1. The molecule has 1 N–H and O–H groups in total. The summed E-state index contributed by atoms with van der Waals surface area (Å²) in [5.41, 5.74) is 0. The van der Waals surface area contributed by atoms with Crippen LogP contribution in [-0.2, 0) is 16.2 Å². The van der Waals surface area contributed by atoms with E-state index >= 15 is 0 Å². The average Bonchev–Trinajstić information content (AvgIpc) is 2.99. The summed E-state index contributed by atoms with van der Waals surface area (Å²) in [5.74, 6) is 0.240. The van der Waals surface area contributed by atoms with Crippen molar-refractivity contribution >= 4 is 23.6 Å². The van der Waals surface area contributed by atoms with Crippen LogP contribution in [0.4, 0.5) is 0 Å². The second-order valence-corrected chi connectivity index (χ2v) is 5.75. The number of ether oxygens (including phenoxy) is 2. The van der Waals surface area contributed by atoms with E-state index in [1.807, 2.05) is 0 Å². The molecule has 0 spiro atoms. The number of thioether (sulfide) groups is 1. The first-order chi connectivity index (χ1) is 11.6. The lowest BCUT2D eigenvalue weighted by Crippen LogP contribution is -2.48. The standard InChI is InChI=1S/C14H14N4O5S/c1-22-9-3-2-4-10(5-9)23-7-11-15-16-14-18(11)17(6-13(20)21)12(19)8-24-14/h2-5H,6-8H2,1H3,(H,20,21). The van der Waals surface area contributed by atoms with Gasteiger partial charge in [0.05, 0.1) is 12.9 Å². The number of methoxy groups -OCH3 is 1. The number of fused-ring (bicyclic) bond motifs is 1. The third kappa shape index (κ3) is 3.27. The van der Waals surface area contributed by atoms with E-state index in [1.54, 1.807) is 31.4 Å². The molecule has 2 aromatic rings. The highest BCUT2D eigenvalue weighted by Gasteiger charge is 2.30. The van der Waals surface area contributed by atoms with Crippen LogP contribution in [0.5, 0.6) is 11.5 Å². The van der Waals surface area contributed by atoms with Gasteiger partial charge in [0.2, 0.25) is 5.16 Å². The number of carboxylic acid groups (broad SMARTS) is 1. The summed E-state index contributed by atoms with van der Waals surface area (Å²) in [4.78, 5) is 23.0. The topological polar surface area (TPSA) is 107 Å². The van der Waals surface area contributed by atoms with Gasteiger partial charge in [-0.25, -0.2) is 9.69 Å². The Labute approximate surface area is 141 Å². The summed E-state index contributed by atoms with van der Waals surface area (Å²) < 4.78 is 12.2. The van der Waals surface area contributed by atoms with Gasteiger partial charge >= 0.3 is 5.97 Å². The summed E-state index contributed by atoms with van der Waals surface area (Å²) in [5, 5.41) is 18.5. The third-order valence-corrected chi connectivity index (χ3v) is 4.13. The van der Waals surface area contributed by atoms with Crippen LogP contribution >= 0.6 is 11.8 Å². The van der Waals surface area contributed by atoms with Gasteiger partial charge in [-0.3, -0.25) is 9.59 Å². The molecule has 1 aliphatic heterocycles. The number of benzene rings is 1. The zero-order valence-corrected chi connectivity index (χ0v) is 13.5. The predicted octanol–water partition coefficient (Wildman–Crippen LogP) is 0.521. The minimum atomic E-state index is -1.12. The van der Waals surface area contributed by atoms with Gasteiger partial charge in [0, 0.05) is 6.07 Å². The van der Waals surface area contributed by atoms with Crippen molar-refractivity contribution in [1.82, 2.24) is 14.9 Å². The zero-order chi connectivity index (χ0) is 17.1. The van der Waals surface area contributed by atoms with Crippen LogP contribution < -0.4 is 14.5 Å². The van der Waals surface area contributed by atoms with E-state index in [0.29, 0.717) is 22.5 Å². The molecular formula is C14H14N4O5S. The minimum absolute atomic E-state index is 0.0319. The van der Waals surface area contributed by atoms with Gasteiger partial charge in [-0.05, 0) is 12.1 Å². The summed E-state index contributed by atoms with van der Waals surface area (Å²) in [6.07, 6.45) is 0. The van der Waals surface area contributed by atoms with Crippen molar-refractivity contribution in [2.45, 2.75) is 11.8 Å². The molecule has 0 saturated heterocycles. The molecule has 10 heteroatoms. The number of carbonyl (C=O) groups excluding carboxylic acids is 1. The Kier molecular flexibility index (Phi) is 4.56. The number of nitrogens with zero attached hydrogens (tertiary/aromatic N) is 4. The first kappa shape index (κ1) is 16.1. The molecule has 1 aliphatic rings. The molecule has 126 valence electrons. The number of carboxylic acids is 1. The van der Waals surface area contributed by atoms with Crippen molar-refractivity contribution < 1.29 is 24.2 Å². The molecule has 0 aliphatic carbocycles. The summed E-state index contributed by atoms with van der Waals surface area (Å²) >= 11 is 1.21. The highest BCUT2D eigenvalue weighted by molar-refractivity contribution is 7.99.